The van der Waals surface area contributed by atoms with Crippen LogP contribution in [0, 0.1) is 4.77 Å². The fourth-order valence-electron chi connectivity index (χ4n) is 2.55. The van der Waals surface area contributed by atoms with Crippen molar-refractivity contribution in [3.05, 3.63) is 41.4 Å². The summed E-state index contributed by atoms with van der Waals surface area (Å²) in [4.78, 5) is 2.19. The number of rotatable bonds is 3. The molecule has 0 saturated carbocycles. The Morgan fingerprint density at radius 3 is 2.85 bits per heavy atom. The molecule has 106 valence electrons. The van der Waals surface area contributed by atoms with Gasteiger partial charge in [-0.15, -0.1) is 0 Å². The van der Waals surface area contributed by atoms with Gasteiger partial charge in [-0.05, 0) is 37.2 Å². The number of aliphatic hydroxyl groups is 1. The monoisotopic (exact) mass is 290 g/mol. The number of para-hydroxylation sites is 1. The summed E-state index contributed by atoms with van der Waals surface area (Å²) in [5.41, 5.74) is 1.02. The average Bonchev–Trinajstić information content (AvgIpc) is 2.81. The maximum Gasteiger partial charge on any atom is 0.203 e. The van der Waals surface area contributed by atoms with E-state index in [4.69, 9.17) is 12.2 Å². The standard InChI is InChI=1S/C14H18N4OS/c19-13-7-4-8-16(9-13)11-18-14(20)17(10-15-18)12-5-2-1-3-6-12/h1-3,5-6,10,13,19H,4,7-9,11H2/t13-/m0/s1. The molecule has 1 fully saturated rings. The van der Waals surface area contributed by atoms with Crippen LogP contribution in [0.2, 0.25) is 0 Å². The van der Waals surface area contributed by atoms with Gasteiger partial charge >= 0.3 is 0 Å². The topological polar surface area (TPSA) is 46.2 Å². The lowest BCUT2D eigenvalue weighted by Gasteiger charge is -2.29. The molecule has 1 atom stereocenters. The number of hydrogen-bond donors (Lipinski definition) is 1. The molecule has 20 heavy (non-hydrogen) atoms. The normalized spacial score (nSPS) is 20.1. The Bertz CT molecular complexity index is 622. The molecule has 1 aliphatic rings. The highest BCUT2D eigenvalue weighted by Crippen LogP contribution is 2.12. The lowest BCUT2D eigenvalue weighted by Crippen LogP contribution is -2.39. The third-order valence-corrected chi connectivity index (χ3v) is 3.99. The van der Waals surface area contributed by atoms with Crippen LogP contribution in [0.25, 0.3) is 5.69 Å². The highest BCUT2D eigenvalue weighted by Gasteiger charge is 2.18. The molecule has 0 radical (unpaired) electrons. The van der Waals surface area contributed by atoms with E-state index < -0.39 is 0 Å². The van der Waals surface area contributed by atoms with Crippen LogP contribution in [0.3, 0.4) is 0 Å². The van der Waals surface area contributed by atoms with Crippen LogP contribution in [0.15, 0.2) is 36.7 Å². The van der Waals surface area contributed by atoms with Crippen LogP contribution in [0.5, 0.6) is 0 Å². The van der Waals surface area contributed by atoms with Crippen LogP contribution in [-0.4, -0.2) is 43.5 Å². The van der Waals surface area contributed by atoms with E-state index in [1.807, 2.05) is 34.9 Å². The fraction of sp³-hybridized carbons (Fsp3) is 0.429. The largest absolute Gasteiger partial charge is 0.392 e. The smallest absolute Gasteiger partial charge is 0.203 e. The van der Waals surface area contributed by atoms with Crippen LogP contribution < -0.4 is 0 Å². The zero-order valence-electron chi connectivity index (χ0n) is 11.2. The van der Waals surface area contributed by atoms with Crippen molar-refractivity contribution in [2.75, 3.05) is 13.1 Å². The summed E-state index contributed by atoms with van der Waals surface area (Å²) < 4.78 is 4.38. The summed E-state index contributed by atoms with van der Waals surface area (Å²) in [6.45, 7) is 2.31. The first-order valence-corrected chi connectivity index (χ1v) is 7.25. The molecule has 1 aliphatic heterocycles. The first kappa shape index (κ1) is 13.5. The van der Waals surface area contributed by atoms with Gasteiger partial charge in [-0.1, -0.05) is 18.2 Å². The minimum Gasteiger partial charge on any atom is -0.392 e. The van der Waals surface area contributed by atoms with Gasteiger partial charge in [-0.3, -0.25) is 9.47 Å². The molecular weight excluding hydrogens is 272 g/mol. The lowest BCUT2D eigenvalue weighted by atomic mass is 10.1. The predicted octanol–water partition coefficient (Wildman–Crippen LogP) is 1.82. The molecule has 3 rings (SSSR count). The second kappa shape index (κ2) is 5.87. The van der Waals surface area contributed by atoms with E-state index >= 15 is 0 Å². The van der Waals surface area contributed by atoms with Gasteiger partial charge in [0.2, 0.25) is 4.77 Å². The fourth-order valence-corrected chi connectivity index (χ4v) is 2.81. The van der Waals surface area contributed by atoms with E-state index in [1.54, 1.807) is 11.0 Å². The van der Waals surface area contributed by atoms with E-state index in [-0.39, 0.29) is 6.10 Å². The van der Waals surface area contributed by atoms with Crippen molar-refractivity contribution in [1.29, 1.82) is 0 Å². The molecule has 1 N–H and O–H groups in total. The molecule has 2 aromatic rings. The van der Waals surface area contributed by atoms with Gasteiger partial charge in [0.25, 0.3) is 0 Å². The summed E-state index contributed by atoms with van der Waals surface area (Å²) in [6.07, 6.45) is 3.43. The summed E-state index contributed by atoms with van der Waals surface area (Å²) in [6, 6.07) is 9.95. The van der Waals surface area contributed by atoms with Crippen molar-refractivity contribution in [2.45, 2.75) is 25.6 Å². The summed E-state index contributed by atoms with van der Waals surface area (Å²) >= 11 is 5.48. The van der Waals surface area contributed by atoms with E-state index in [9.17, 15) is 5.11 Å². The van der Waals surface area contributed by atoms with Gasteiger partial charge in [0.15, 0.2) is 0 Å². The van der Waals surface area contributed by atoms with Gasteiger partial charge < -0.3 is 5.11 Å². The quantitative estimate of drug-likeness (QED) is 0.876. The second-order valence-corrected chi connectivity index (χ2v) is 5.50. The molecule has 1 saturated heterocycles. The predicted molar refractivity (Wildman–Crippen MR) is 79.2 cm³/mol. The number of nitrogens with zero attached hydrogens (tertiary/aromatic N) is 4. The van der Waals surface area contributed by atoms with Crippen LogP contribution in [0.4, 0.5) is 0 Å². The van der Waals surface area contributed by atoms with Crippen molar-refractivity contribution in [2.24, 2.45) is 0 Å². The number of β-amino-alcohol motifs (C(OH)–C–C–N with tert-alkyl or cyclic N) is 1. The molecule has 2 heterocycles. The first-order valence-electron chi connectivity index (χ1n) is 6.84. The van der Waals surface area contributed by atoms with Crippen molar-refractivity contribution >= 4 is 12.2 Å². The zero-order chi connectivity index (χ0) is 13.9. The number of likely N-dealkylation sites (tertiary alicyclic amines) is 1. The highest BCUT2D eigenvalue weighted by atomic mass is 32.1. The molecule has 0 bridgehead atoms. The third-order valence-electron chi connectivity index (χ3n) is 3.58. The number of aliphatic hydroxyl groups excluding tert-OH is 1. The second-order valence-electron chi connectivity index (χ2n) is 5.13. The Balaban J connectivity index is 1.79. The summed E-state index contributed by atoms with van der Waals surface area (Å²) in [5, 5.41) is 14.1. The Morgan fingerprint density at radius 2 is 2.10 bits per heavy atom. The van der Waals surface area contributed by atoms with Crippen molar-refractivity contribution in [3.8, 4) is 5.69 Å². The van der Waals surface area contributed by atoms with E-state index in [0.29, 0.717) is 18.0 Å². The minimum atomic E-state index is -0.228. The van der Waals surface area contributed by atoms with Crippen LogP contribution >= 0.6 is 12.2 Å². The van der Waals surface area contributed by atoms with Crippen molar-refractivity contribution < 1.29 is 5.11 Å². The van der Waals surface area contributed by atoms with Crippen molar-refractivity contribution in [1.82, 2.24) is 19.2 Å². The Hall–Kier alpha value is -1.50. The van der Waals surface area contributed by atoms with Gasteiger partial charge in [0.05, 0.1) is 12.8 Å². The molecule has 0 amide bonds. The van der Waals surface area contributed by atoms with Crippen molar-refractivity contribution in [3.63, 3.8) is 0 Å². The number of hydrogen-bond acceptors (Lipinski definition) is 4. The van der Waals surface area contributed by atoms with E-state index in [0.717, 1.165) is 25.1 Å². The lowest BCUT2D eigenvalue weighted by molar-refractivity contribution is 0.0513. The molecule has 6 heteroatoms. The highest BCUT2D eigenvalue weighted by molar-refractivity contribution is 7.71. The molecular formula is C14H18N4OS. The van der Waals surface area contributed by atoms with Crippen LogP contribution in [0.1, 0.15) is 12.8 Å². The van der Waals surface area contributed by atoms with Gasteiger partial charge in [-0.2, -0.15) is 5.10 Å². The molecule has 0 unspecified atom stereocenters. The molecule has 1 aromatic heterocycles. The maximum absolute atomic E-state index is 9.71. The number of aromatic nitrogens is 3. The third kappa shape index (κ3) is 2.82. The molecule has 0 spiro atoms. The number of piperidine rings is 1. The Morgan fingerprint density at radius 1 is 1.30 bits per heavy atom. The molecule has 0 aliphatic carbocycles. The number of benzene rings is 1. The Kier molecular flexibility index (Phi) is 3.95. The SMILES string of the molecule is O[C@H]1CCCN(Cn2ncn(-c3ccccc3)c2=S)C1. The average molecular weight is 290 g/mol. The molecule has 5 nitrogen and oxygen atoms in total. The Labute approximate surface area is 123 Å². The maximum atomic E-state index is 9.71. The minimum absolute atomic E-state index is 0.228. The zero-order valence-corrected chi connectivity index (χ0v) is 12.0. The van der Waals surface area contributed by atoms with Gasteiger partial charge in [0, 0.05) is 18.8 Å². The molecule has 1 aromatic carbocycles. The van der Waals surface area contributed by atoms with Gasteiger partial charge in [0.1, 0.15) is 6.33 Å². The summed E-state index contributed by atoms with van der Waals surface area (Å²) in [5.74, 6) is 0. The van der Waals surface area contributed by atoms with Gasteiger partial charge in [-0.25, -0.2) is 4.68 Å². The van der Waals surface area contributed by atoms with Crippen LogP contribution in [-0.2, 0) is 6.67 Å². The van der Waals surface area contributed by atoms with E-state index in [1.165, 1.54) is 0 Å². The summed E-state index contributed by atoms with van der Waals surface area (Å²) in [7, 11) is 0. The van der Waals surface area contributed by atoms with E-state index in [2.05, 4.69) is 10.00 Å². The first-order chi connectivity index (χ1) is 9.74.